The molecule has 0 fully saturated rings. The molecule has 0 saturated heterocycles. The SMILES string of the molecule is CC(C)(C)C(=O)C(CCl)Oc1ccc(Br)cc1. The molecule has 17 heavy (non-hydrogen) atoms. The second-order valence-corrected chi connectivity index (χ2v) is 6.05. The zero-order valence-corrected chi connectivity index (χ0v) is 12.5. The van der Waals surface area contributed by atoms with Gasteiger partial charge >= 0.3 is 0 Å². The molecule has 0 spiro atoms. The summed E-state index contributed by atoms with van der Waals surface area (Å²) in [6.45, 7) is 5.58. The summed E-state index contributed by atoms with van der Waals surface area (Å²) in [6, 6.07) is 7.34. The predicted molar refractivity (Wildman–Crippen MR) is 73.7 cm³/mol. The molecule has 1 aromatic rings. The number of Topliss-reactive ketones (excluding diaryl/α,β-unsaturated/α-hetero) is 1. The number of halogens is 2. The van der Waals surface area contributed by atoms with Crippen LogP contribution in [0.15, 0.2) is 28.7 Å². The molecule has 1 unspecified atom stereocenters. The third kappa shape index (κ3) is 4.32. The Morgan fingerprint density at radius 1 is 1.35 bits per heavy atom. The maximum Gasteiger partial charge on any atom is 0.179 e. The molecule has 1 atom stereocenters. The number of carbonyl (C=O) groups excluding carboxylic acids is 1. The monoisotopic (exact) mass is 318 g/mol. The van der Waals surface area contributed by atoms with E-state index in [2.05, 4.69) is 15.9 Å². The Morgan fingerprint density at radius 2 is 1.88 bits per heavy atom. The first-order chi connectivity index (χ1) is 7.84. The van der Waals surface area contributed by atoms with Crippen LogP contribution in [0.5, 0.6) is 5.75 Å². The minimum absolute atomic E-state index is 0.00965. The lowest BCUT2D eigenvalue weighted by Crippen LogP contribution is -2.37. The third-order valence-electron chi connectivity index (χ3n) is 2.26. The minimum atomic E-state index is -0.599. The number of benzene rings is 1. The highest BCUT2D eigenvalue weighted by atomic mass is 79.9. The van der Waals surface area contributed by atoms with Crippen molar-refractivity contribution in [1.82, 2.24) is 0 Å². The van der Waals surface area contributed by atoms with Crippen LogP contribution in [-0.4, -0.2) is 17.8 Å². The molecule has 0 aliphatic heterocycles. The van der Waals surface area contributed by atoms with Gasteiger partial charge in [-0.3, -0.25) is 4.79 Å². The highest BCUT2D eigenvalue weighted by Crippen LogP contribution is 2.22. The zero-order chi connectivity index (χ0) is 13.1. The maximum atomic E-state index is 12.0. The molecule has 0 heterocycles. The average Bonchev–Trinajstić information content (AvgIpc) is 2.26. The summed E-state index contributed by atoms with van der Waals surface area (Å²) in [5.41, 5.74) is -0.449. The van der Waals surface area contributed by atoms with E-state index in [9.17, 15) is 4.79 Å². The van der Waals surface area contributed by atoms with Gasteiger partial charge in [0.15, 0.2) is 11.9 Å². The van der Waals surface area contributed by atoms with Gasteiger partial charge in [0.25, 0.3) is 0 Å². The molecule has 0 aromatic heterocycles. The lowest BCUT2D eigenvalue weighted by Gasteiger charge is -2.23. The van der Waals surface area contributed by atoms with E-state index in [0.717, 1.165) is 4.47 Å². The van der Waals surface area contributed by atoms with Gasteiger partial charge in [-0.25, -0.2) is 0 Å². The third-order valence-corrected chi connectivity index (χ3v) is 3.07. The van der Waals surface area contributed by atoms with Crippen molar-refractivity contribution in [3.63, 3.8) is 0 Å². The Balaban J connectivity index is 2.77. The van der Waals surface area contributed by atoms with Gasteiger partial charge in [-0.05, 0) is 24.3 Å². The molecule has 0 aliphatic rings. The zero-order valence-electron chi connectivity index (χ0n) is 10.2. The van der Waals surface area contributed by atoms with Crippen LogP contribution in [0.2, 0.25) is 0 Å². The van der Waals surface area contributed by atoms with E-state index < -0.39 is 11.5 Å². The van der Waals surface area contributed by atoms with Gasteiger partial charge in [-0.1, -0.05) is 36.7 Å². The van der Waals surface area contributed by atoms with E-state index in [1.165, 1.54) is 0 Å². The topological polar surface area (TPSA) is 26.3 Å². The summed E-state index contributed by atoms with van der Waals surface area (Å²) in [7, 11) is 0. The van der Waals surface area contributed by atoms with Gasteiger partial charge in [0.2, 0.25) is 0 Å². The van der Waals surface area contributed by atoms with Gasteiger partial charge in [-0.2, -0.15) is 0 Å². The number of ketones is 1. The molecule has 2 nitrogen and oxygen atoms in total. The van der Waals surface area contributed by atoms with Crippen LogP contribution in [0, 0.1) is 5.41 Å². The van der Waals surface area contributed by atoms with Crippen LogP contribution in [0.3, 0.4) is 0 Å². The van der Waals surface area contributed by atoms with E-state index in [0.29, 0.717) is 5.75 Å². The van der Waals surface area contributed by atoms with Crippen LogP contribution < -0.4 is 4.74 Å². The fourth-order valence-corrected chi connectivity index (χ4v) is 1.78. The summed E-state index contributed by atoms with van der Waals surface area (Å²) in [6.07, 6.45) is -0.599. The Bertz CT molecular complexity index is 381. The molecular weight excluding hydrogens is 303 g/mol. The van der Waals surface area contributed by atoms with Crippen molar-refractivity contribution in [3.8, 4) is 5.75 Å². The van der Waals surface area contributed by atoms with Crippen molar-refractivity contribution < 1.29 is 9.53 Å². The lowest BCUT2D eigenvalue weighted by molar-refractivity contribution is -0.132. The Hall–Kier alpha value is -0.540. The Labute approximate surface area is 115 Å². The van der Waals surface area contributed by atoms with E-state index >= 15 is 0 Å². The highest BCUT2D eigenvalue weighted by Gasteiger charge is 2.30. The van der Waals surface area contributed by atoms with Crippen LogP contribution >= 0.6 is 27.5 Å². The molecule has 0 bridgehead atoms. The molecule has 0 radical (unpaired) electrons. The predicted octanol–water partition coefficient (Wildman–Crippen LogP) is 4.05. The van der Waals surface area contributed by atoms with Crippen LogP contribution in [0.4, 0.5) is 0 Å². The smallest absolute Gasteiger partial charge is 0.179 e. The van der Waals surface area contributed by atoms with Gasteiger partial charge < -0.3 is 4.74 Å². The summed E-state index contributed by atoms with van der Waals surface area (Å²) in [4.78, 5) is 12.0. The van der Waals surface area contributed by atoms with Crippen molar-refractivity contribution in [2.24, 2.45) is 5.41 Å². The van der Waals surface area contributed by atoms with Gasteiger partial charge in [0, 0.05) is 9.89 Å². The highest BCUT2D eigenvalue weighted by molar-refractivity contribution is 9.10. The second-order valence-electron chi connectivity index (χ2n) is 4.83. The largest absolute Gasteiger partial charge is 0.481 e. The van der Waals surface area contributed by atoms with Crippen LogP contribution in [0.1, 0.15) is 20.8 Å². The number of hydrogen-bond donors (Lipinski definition) is 0. The normalized spacial score (nSPS) is 13.2. The summed E-state index contributed by atoms with van der Waals surface area (Å²) in [5, 5.41) is 0. The maximum absolute atomic E-state index is 12.0. The first-order valence-corrected chi connectivity index (χ1v) is 6.70. The standard InChI is InChI=1S/C13H16BrClO2/c1-13(2,3)12(16)11(8-15)17-10-6-4-9(14)5-7-10/h4-7,11H,8H2,1-3H3. The summed E-state index contributed by atoms with van der Waals surface area (Å²) < 4.78 is 6.57. The fraction of sp³-hybridized carbons (Fsp3) is 0.462. The molecule has 0 aliphatic carbocycles. The van der Waals surface area contributed by atoms with Crippen molar-refractivity contribution in [2.75, 3.05) is 5.88 Å². The first kappa shape index (κ1) is 14.5. The first-order valence-electron chi connectivity index (χ1n) is 5.37. The molecular formula is C13H16BrClO2. The van der Waals surface area contributed by atoms with E-state index in [1.54, 1.807) is 12.1 Å². The molecule has 4 heteroatoms. The number of rotatable bonds is 4. The van der Waals surface area contributed by atoms with Gasteiger partial charge in [-0.15, -0.1) is 11.6 Å². The average molecular weight is 320 g/mol. The van der Waals surface area contributed by atoms with E-state index in [1.807, 2.05) is 32.9 Å². The summed E-state index contributed by atoms with van der Waals surface area (Å²) in [5.74, 6) is 0.818. The van der Waals surface area contributed by atoms with E-state index in [4.69, 9.17) is 16.3 Å². The molecule has 1 aromatic carbocycles. The quantitative estimate of drug-likeness (QED) is 0.783. The fourth-order valence-electron chi connectivity index (χ4n) is 1.32. The molecule has 0 amide bonds. The van der Waals surface area contributed by atoms with Crippen molar-refractivity contribution in [2.45, 2.75) is 26.9 Å². The van der Waals surface area contributed by atoms with Crippen molar-refractivity contribution >= 4 is 33.3 Å². The molecule has 0 N–H and O–H groups in total. The Morgan fingerprint density at radius 3 is 2.29 bits per heavy atom. The minimum Gasteiger partial charge on any atom is -0.481 e. The second kappa shape index (κ2) is 5.87. The Kier molecular flexibility index (Phi) is 5.02. The summed E-state index contributed by atoms with van der Waals surface area (Å²) >= 11 is 9.14. The van der Waals surface area contributed by atoms with Crippen LogP contribution in [0.25, 0.3) is 0 Å². The lowest BCUT2D eigenvalue weighted by atomic mass is 9.88. The number of ether oxygens (including phenoxy) is 1. The number of carbonyl (C=O) groups is 1. The number of alkyl halides is 1. The molecule has 94 valence electrons. The number of hydrogen-bond acceptors (Lipinski definition) is 2. The van der Waals surface area contributed by atoms with Gasteiger partial charge in [0.05, 0.1) is 5.88 Å². The van der Waals surface area contributed by atoms with Crippen LogP contribution in [-0.2, 0) is 4.79 Å². The van der Waals surface area contributed by atoms with Gasteiger partial charge in [0.1, 0.15) is 5.75 Å². The van der Waals surface area contributed by atoms with Crippen molar-refractivity contribution in [1.29, 1.82) is 0 Å². The van der Waals surface area contributed by atoms with E-state index in [-0.39, 0.29) is 11.7 Å². The molecule has 0 saturated carbocycles. The van der Waals surface area contributed by atoms with Crippen molar-refractivity contribution in [3.05, 3.63) is 28.7 Å². The molecule has 1 rings (SSSR count).